The molecule has 0 N–H and O–H groups in total. The number of benzene rings is 1. The van der Waals surface area contributed by atoms with Crippen LogP contribution in [0.1, 0.15) is 30.5 Å². The van der Waals surface area contributed by atoms with Gasteiger partial charge in [0.05, 0.1) is 17.2 Å². The topological polar surface area (TPSA) is 23.8 Å². The molecule has 0 atom stereocenters. The Balaban J connectivity index is 0.00000106. The molecule has 16 heavy (non-hydrogen) atoms. The molecule has 5 heteroatoms. The van der Waals surface area contributed by atoms with E-state index in [-0.39, 0.29) is 10.6 Å². The van der Waals surface area contributed by atoms with Gasteiger partial charge in [-0.3, -0.25) is 0 Å². The van der Waals surface area contributed by atoms with Crippen LogP contribution in [0.5, 0.6) is 0 Å². The summed E-state index contributed by atoms with van der Waals surface area (Å²) < 4.78 is 36.7. The van der Waals surface area contributed by atoms with E-state index in [9.17, 15) is 13.2 Å². The van der Waals surface area contributed by atoms with E-state index in [2.05, 4.69) is 0 Å². The molecule has 0 aliphatic rings. The van der Waals surface area contributed by atoms with Crippen LogP contribution in [0.4, 0.5) is 13.2 Å². The largest absolute Gasteiger partial charge is 0.416 e. The molecule has 0 amide bonds. The summed E-state index contributed by atoms with van der Waals surface area (Å²) in [7, 11) is 0. The van der Waals surface area contributed by atoms with Crippen LogP contribution in [0, 0.1) is 18.3 Å². The summed E-state index contributed by atoms with van der Waals surface area (Å²) in [6.45, 7) is 5.50. The average molecular weight is 250 g/mol. The van der Waals surface area contributed by atoms with Gasteiger partial charge in [0, 0.05) is 5.02 Å². The summed E-state index contributed by atoms with van der Waals surface area (Å²) in [5.41, 5.74) is -0.586. The predicted molar refractivity (Wildman–Crippen MR) is 57.3 cm³/mol. The molecule has 0 spiro atoms. The van der Waals surface area contributed by atoms with Gasteiger partial charge < -0.3 is 0 Å². The Morgan fingerprint density at radius 3 is 2.12 bits per heavy atom. The molecule has 0 aromatic heterocycles. The van der Waals surface area contributed by atoms with Crippen molar-refractivity contribution in [3.05, 3.63) is 33.8 Å². The van der Waals surface area contributed by atoms with Gasteiger partial charge in [0.1, 0.15) is 0 Å². The highest BCUT2D eigenvalue weighted by molar-refractivity contribution is 6.31. The summed E-state index contributed by atoms with van der Waals surface area (Å²) >= 11 is 5.55. The van der Waals surface area contributed by atoms with Crippen molar-refractivity contribution < 1.29 is 13.2 Å². The van der Waals surface area contributed by atoms with Crippen LogP contribution in [0.2, 0.25) is 5.02 Å². The van der Waals surface area contributed by atoms with E-state index in [4.69, 9.17) is 16.9 Å². The van der Waals surface area contributed by atoms with Crippen LogP contribution in [-0.2, 0) is 6.18 Å². The zero-order valence-corrected chi connectivity index (χ0v) is 9.87. The maximum Gasteiger partial charge on any atom is 0.416 e. The fraction of sp³-hybridized carbons (Fsp3) is 0.364. The highest BCUT2D eigenvalue weighted by Gasteiger charge is 2.31. The number of alkyl halides is 3. The van der Waals surface area contributed by atoms with E-state index in [0.29, 0.717) is 5.56 Å². The first-order chi connectivity index (χ1) is 7.36. The molecule has 0 saturated heterocycles. The van der Waals surface area contributed by atoms with E-state index in [1.54, 1.807) is 6.07 Å². The van der Waals surface area contributed by atoms with Crippen molar-refractivity contribution in [1.82, 2.24) is 0 Å². The lowest BCUT2D eigenvalue weighted by atomic mass is 10.1. The van der Waals surface area contributed by atoms with Crippen LogP contribution in [-0.4, -0.2) is 0 Å². The second-order valence-corrected chi connectivity index (χ2v) is 3.15. The smallest absolute Gasteiger partial charge is 0.192 e. The van der Waals surface area contributed by atoms with Crippen LogP contribution < -0.4 is 0 Å². The summed E-state index contributed by atoms with van der Waals surface area (Å²) in [4.78, 5) is 0. The molecule has 0 unspecified atom stereocenters. The van der Waals surface area contributed by atoms with Crippen molar-refractivity contribution in [2.45, 2.75) is 26.9 Å². The third-order valence-electron chi connectivity index (χ3n) is 1.79. The highest BCUT2D eigenvalue weighted by Crippen LogP contribution is 2.33. The van der Waals surface area contributed by atoms with E-state index in [1.807, 2.05) is 13.8 Å². The van der Waals surface area contributed by atoms with Crippen LogP contribution in [0.15, 0.2) is 12.1 Å². The third kappa shape index (κ3) is 3.42. The van der Waals surface area contributed by atoms with Crippen molar-refractivity contribution in [3.63, 3.8) is 0 Å². The molecule has 1 nitrogen and oxygen atoms in total. The Morgan fingerprint density at radius 2 is 1.75 bits per heavy atom. The molecule has 0 saturated carbocycles. The molecular formula is C11H11ClF3N. The van der Waals surface area contributed by atoms with Crippen molar-refractivity contribution >= 4 is 11.6 Å². The second-order valence-electron chi connectivity index (χ2n) is 2.74. The van der Waals surface area contributed by atoms with E-state index >= 15 is 0 Å². The Labute approximate surface area is 97.5 Å². The third-order valence-corrected chi connectivity index (χ3v) is 2.18. The van der Waals surface area contributed by atoms with Crippen molar-refractivity contribution in [3.8, 4) is 6.07 Å². The highest BCUT2D eigenvalue weighted by atomic mass is 35.5. The number of hydrogen-bond acceptors (Lipinski definition) is 1. The lowest BCUT2D eigenvalue weighted by Crippen LogP contribution is -2.05. The quantitative estimate of drug-likeness (QED) is 0.661. The first kappa shape index (κ1) is 14.8. The zero-order chi connectivity index (χ0) is 12.9. The average Bonchev–Trinajstić information content (AvgIpc) is 2.23. The molecular weight excluding hydrogens is 239 g/mol. The Morgan fingerprint density at radius 1 is 1.25 bits per heavy atom. The number of hydrogen-bond donors (Lipinski definition) is 0. The van der Waals surface area contributed by atoms with Gasteiger partial charge in [0.2, 0.25) is 0 Å². The van der Waals surface area contributed by atoms with Gasteiger partial charge >= 0.3 is 6.18 Å². The molecule has 0 aliphatic heterocycles. The van der Waals surface area contributed by atoms with Gasteiger partial charge in [-0.05, 0) is 24.6 Å². The Bertz CT molecular complexity index is 405. The van der Waals surface area contributed by atoms with Crippen LogP contribution in [0.25, 0.3) is 0 Å². The fourth-order valence-corrected chi connectivity index (χ4v) is 1.18. The molecule has 0 aliphatic carbocycles. The monoisotopic (exact) mass is 249 g/mol. The number of nitriles is 1. The van der Waals surface area contributed by atoms with E-state index in [1.165, 1.54) is 6.92 Å². The SMILES string of the molecule is CC.Cc1c(Cl)cc(C(F)(F)F)cc1C#N. The summed E-state index contributed by atoms with van der Waals surface area (Å²) in [5.74, 6) is 0. The first-order valence-electron chi connectivity index (χ1n) is 4.63. The maximum absolute atomic E-state index is 12.2. The van der Waals surface area contributed by atoms with Crippen molar-refractivity contribution in [2.24, 2.45) is 0 Å². The number of rotatable bonds is 0. The Hall–Kier alpha value is -1.21. The molecule has 0 radical (unpaired) electrons. The second kappa shape index (κ2) is 5.76. The van der Waals surface area contributed by atoms with Crippen LogP contribution in [0.3, 0.4) is 0 Å². The van der Waals surface area contributed by atoms with Gasteiger partial charge in [0.25, 0.3) is 0 Å². The summed E-state index contributed by atoms with van der Waals surface area (Å²) in [6.07, 6.45) is -4.47. The number of nitrogens with zero attached hydrogens (tertiary/aromatic N) is 1. The minimum atomic E-state index is -4.47. The molecule has 1 aromatic carbocycles. The standard InChI is InChI=1S/C9H5ClF3N.C2H6/c1-5-6(4-14)2-7(3-8(5)10)9(11,12)13;1-2/h2-3H,1H3;1-2H3. The molecule has 0 heterocycles. The van der Waals surface area contributed by atoms with Crippen LogP contribution >= 0.6 is 11.6 Å². The van der Waals surface area contributed by atoms with Gasteiger partial charge in [-0.2, -0.15) is 18.4 Å². The minimum Gasteiger partial charge on any atom is -0.192 e. The van der Waals surface area contributed by atoms with Gasteiger partial charge in [-0.25, -0.2) is 0 Å². The fourth-order valence-electron chi connectivity index (χ4n) is 0.959. The van der Waals surface area contributed by atoms with Crippen molar-refractivity contribution in [2.75, 3.05) is 0 Å². The Kier molecular flexibility index (Phi) is 5.32. The van der Waals surface area contributed by atoms with Gasteiger partial charge in [0.15, 0.2) is 0 Å². The zero-order valence-electron chi connectivity index (χ0n) is 9.11. The molecule has 88 valence electrons. The predicted octanol–water partition coefficient (Wildman–Crippen LogP) is 4.57. The first-order valence-corrected chi connectivity index (χ1v) is 5.01. The molecule has 1 rings (SSSR count). The summed E-state index contributed by atoms with van der Waals surface area (Å²) in [5, 5.41) is 8.51. The number of halogens is 4. The van der Waals surface area contributed by atoms with Gasteiger partial charge in [-0.1, -0.05) is 25.4 Å². The normalized spacial score (nSPS) is 10.1. The van der Waals surface area contributed by atoms with Gasteiger partial charge in [-0.15, -0.1) is 0 Å². The summed E-state index contributed by atoms with van der Waals surface area (Å²) in [6, 6.07) is 3.27. The minimum absolute atomic E-state index is 0.0450. The lowest BCUT2D eigenvalue weighted by molar-refractivity contribution is -0.137. The van der Waals surface area contributed by atoms with E-state index < -0.39 is 11.7 Å². The maximum atomic E-state index is 12.2. The molecule has 0 fully saturated rings. The molecule has 0 bridgehead atoms. The van der Waals surface area contributed by atoms with E-state index in [0.717, 1.165) is 12.1 Å². The lowest BCUT2D eigenvalue weighted by Gasteiger charge is -2.09. The van der Waals surface area contributed by atoms with Crippen molar-refractivity contribution in [1.29, 1.82) is 5.26 Å². The molecule has 1 aromatic rings.